The first-order valence-corrected chi connectivity index (χ1v) is 14.5. The third-order valence-electron chi connectivity index (χ3n) is 5.52. The zero-order valence-electron chi connectivity index (χ0n) is 26.9. The van der Waals surface area contributed by atoms with Gasteiger partial charge in [-0.05, 0) is 50.6 Å². The maximum absolute atomic E-state index is 12.2. The van der Waals surface area contributed by atoms with Crippen molar-refractivity contribution in [3.63, 3.8) is 0 Å². The number of rotatable bonds is 15. The zero-order valence-corrected chi connectivity index (χ0v) is 26.9. The summed E-state index contributed by atoms with van der Waals surface area (Å²) in [6.45, 7) is 14.6. The van der Waals surface area contributed by atoms with Crippen LogP contribution in [0.3, 0.4) is 0 Å². The molecule has 11 nitrogen and oxygen atoms in total. The number of nitrogens with one attached hydrogen (secondary N) is 3. The van der Waals surface area contributed by atoms with E-state index in [2.05, 4.69) is 29.0 Å². The molecule has 236 valence electrons. The van der Waals surface area contributed by atoms with E-state index in [1.54, 1.807) is 11.9 Å². The first kappa shape index (κ1) is 39.8. The Morgan fingerprint density at radius 2 is 1.59 bits per heavy atom. The molecule has 0 saturated carbocycles. The minimum Gasteiger partial charge on any atom is -0.445 e. The number of allylic oxidation sites excluding steroid dienone is 1. The average molecular weight is 580 g/mol. The standard InChI is InChI=1S/C24H41N5O3.C4H10N2O.C2H6/c1-7-8-9-21(16-26-23(30)22(25)18(2)3)27-20-12-10-19(11-13-20)17-32-24(31)29(6)15-14-28(4)5;1-2-3-6-4(5)7;1-2/h9-13,18,22,27H,7-8,14-17,25H2,1-6H3,(H,26,30);2-3H2,1H3,(H3,5,6,7);1-2H3/b21-9+;;. The molecule has 1 aromatic rings. The molecule has 0 aromatic heterocycles. The maximum Gasteiger partial charge on any atom is 0.409 e. The van der Waals surface area contributed by atoms with Gasteiger partial charge in [0.15, 0.2) is 0 Å². The van der Waals surface area contributed by atoms with Crippen LogP contribution in [0.4, 0.5) is 15.3 Å². The molecule has 0 aliphatic heterocycles. The van der Waals surface area contributed by atoms with Crippen LogP contribution in [0.5, 0.6) is 0 Å². The van der Waals surface area contributed by atoms with Crippen LogP contribution in [0.25, 0.3) is 0 Å². The Hall–Kier alpha value is -3.31. The summed E-state index contributed by atoms with van der Waals surface area (Å²) in [5.74, 6) is -0.0719. The molecule has 0 aliphatic rings. The second kappa shape index (κ2) is 24.5. The summed E-state index contributed by atoms with van der Waals surface area (Å²) in [4.78, 5) is 37.7. The Bertz CT molecular complexity index is 874. The van der Waals surface area contributed by atoms with Crippen molar-refractivity contribution in [2.45, 2.75) is 73.5 Å². The normalized spacial score (nSPS) is 11.4. The van der Waals surface area contributed by atoms with Gasteiger partial charge in [-0.3, -0.25) is 4.79 Å². The van der Waals surface area contributed by atoms with Crippen molar-refractivity contribution in [2.24, 2.45) is 17.4 Å². The molecule has 0 spiro atoms. The Morgan fingerprint density at radius 3 is 2.05 bits per heavy atom. The van der Waals surface area contributed by atoms with Crippen molar-refractivity contribution in [3.8, 4) is 0 Å². The number of nitrogens with two attached hydrogens (primary N) is 2. The number of ether oxygens (including phenoxy) is 1. The molecular weight excluding hydrogens is 522 g/mol. The fraction of sp³-hybridized carbons (Fsp3) is 0.633. The number of primary amides is 1. The second-order valence-electron chi connectivity index (χ2n) is 9.90. The SMILES string of the molecule is CC.CCC/C=C(\CNC(=O)C(N)C(C)C)Nc1ccc(COC(=O)N(C)CCN(C)C)cc1.CCCNC(N)=O. The highest BCUT2D eigenvalue weighted by molar-refractivity contribution is 5.82. The lowest BCUT2D eigenvalue weighted by molar-refractivity contribution is -0.123. The first-order chi connectivity index (χ1) is 19.4. The van der Waals surface area contributed by atoms with E-state index in [9.17, 15) is 14.4 Å². The van der Waals surface area contributed by atoms with Crippen molar-refractivity contribution in [1.29, 1.82) is 0 Å². The van der Waals surface area contributed by atoms with Crippen molar-refractivity contribution in [1.82, 2.24) is 20.4 Å². The molecule has 1 atom stereocenters. The molecule has 0 saturated heterocycles. The molecule has 41 heavy (non-hydrogen) atoms. The maximum atomic E-state index is 12.2. The predicted octanol–water partition coefficient (Wildman–Crippen LogP) is 4.10. The van der Waals surface area contributed by atoms with Gasteiger partial charge < -0.3 is 42.0 Å². The Balaban J connectivity index is 0. The molecule has 1 aromatic carbocycles. The van der Waals surface area contributed by atoms with Crippen molar-refractivity contribution in [3.05, 3.63) is 41.6 Å². The molecule has 0 radical (unpaired) electrons. The number of carbonyl (C=O) groups is 3. The number of unbranched alkanes of at least 4 members (excludes halogenated alkanes) is 1. The van der Waals surface area contributed by atoms with Crippen LogP contribution in [-0.2, 0) is 16.1 Å². The summed E-state index contributed by atoms with van der Waals surface area (Å²) in [7, 11) is 5.66. The number of likely N-dealkylation sites (N-methyl/N-ethyl adjacent to an activating group) is 2. The van der Waals surface area contributed by atoms with Gasteiger partial charge in [0.25, 0.3) is 0 Å². The number of benzene rings is 1. The molecule has 11 heteroatoms. The van der Waals surface area contributed by atoms with Gasteiger partial charge >= 0.3 is 12.1 Å². The third kappa shape index (κ3) is 21.2. The lowest BCUT2D eigenvalue weighted by Gasteiger charge is -2.19. The Kier molecular flexibility index (Phi) is 23.8. The van der Waals surface area contributed by atoms with Crippen LogP contribution in [0.15, 0.2) is 36.0 Å². The zero-order chi connectivity index (χ0) is 31.8. The van der Waals surface area contributed by atoms with Crippen LogP contribution in [0.1, 0.15) is 66.4 Å². The second-order valence-corrected chi connectivity index (χ2v) is 9.90. The van der Waals surface area contributed by atoms with Crippen LogP contribution in [0, 0.1) is 5.92 Å². The highest BCUT2D eigenvalue weighted by Gasteiger charge is 2.17. The van der Waals surface area contributed by atoms with Gasteiger partial charge in [-0.15, -0.1) is 0 Å². The molecule has 0 aliphatic carbocycles. The number of nitrogens with zero attached hydrogens (tertiary/aromatic N) is 2. The molecule has 4 amide bonds. The molecule has 1 unspecified atom stereocenters. The van der Waals surface area contributed by atoms with Crippen molar-refractivity contribution >= 4 is 23.7 Å². The van der Waals surface area contributed by atoms with Crippen molar-refractivity contribution in [2.75, 3.05) is 52.6 Å². The van der Waals surface area contributed by atoms with E-state index in [0.29, 0.717) is 19.6 Å². The fourth-order valence-electron chi connectivity index (χ4n) is 2.90. The third-order valence-corrected chi connectivity index (χ3v) is 5.52. The summed E-state index contributed by atoms with van der Waals surface area (Å²) >= 11 is 0. The molecular formula is C30H57N7O4. The smallest absolute Gasteiger partial charge is 0.409 e. The summed E-state index contributed by atoms with van der Waals surface area (Å²) in [6.07, 6.45) is 4.60. The van der Waals surface area contributed by atoms with Crippen LogP contribution in [0.2, 0.25) is 0 Å². The minimum atomic E-state index is -0.522. The molecule has 1 rings (SSSR count). The van der Waals surface area contributed by atoms with Gasteiger partial charge in [0, 0.05) is 38.1 Å². The topological polar surface area (TPSA) is 155 Å². The molecule has 0 bridgehead atoms. The van der Waals surface area contributed by atoms with E-state index < -0.39 is 12.1 Å². The largest absolute Gasteiger partial charge is 0.445 e. The van der Waals surface area contributed by atoms with Gasteiger partial charge in [-0.2, -0.15) is 0 Å². The Morgan fingerprint density at radius 1 is 0.976 bits per heavy atom. The number of hydrogen-bond donors (Lipinski definition) is 5. The summed E-state index contributed by atoms with van der Waals surface area (Å²) in [5.41, 5.74) is 13.4. The summed E-state index contributed by atoms with van der Waals surface area (Å²) in [6, 6.07) is 6.73. The highest BCUT2D eigenvalue weighted by Crippen LogP contribution is 2.14. The van der Waals surface area contributed by atoms with Gasteiger partial charge in [0.2, 0.25) is 5.91 Å². The van der Waals surface area contributed by atoms with E-state index in [1.165, 1.54) is 0 Å². The van der Waals surface area contributed by atoms with Gasteiger partial charge in [0.05, 0.1) is 12.6 Å². The van der Waals surface area contributed by atoms with E-state index in [4.69, 9.17) is 16.2 Å². The lowest BCUT2D eigenvalue weighted by Crippen LogP contribution is -2.44. The average Bonchev–Trinajstić information content (AvgIpc) is 2.96. The minimum absolute atomic E-state index is 0.0837. The van der Waals surface area contributed by atoms with Gasteiger partial charge in [0.1, 0.15) is 6.61 Å². The highest BCUT2D eigenvalue weighted by atomic mass is 16.6. The van der Waals surface area contributed by atoms with Crippen LogP contribution < -0.4 is 27.4 Å². The van der Waals surface area contributed by atoms with E-state index in [1.807, 2.05) is 77.9 Å². The number of amides is 4. The molecule has 7 N–H and O–H groups in total. The number of hydrogen-bond acceptors (Lipinski definition) is 7. The first-order valence-electron chi connectivity index (χ1n) is 14.5. The fourth-order valence-corrected chi connectivity index (χ4v) is 2.90. The van der Waals surface area contributed by atoms with Gasteiger partial charge in [-0.1, -0.05) is 66.2 Å². The summed E-state index contributed by atoms with van der Waals surface area (Å²) < 4.78 is 5.38. The predicted molar refractivity (Wildman–Crippen MR) is 169 cm³/mol. The number of carbonyl (C=O) groups excluding carboxylic acids is 3. The van der Waals surface area contributed by atoms with E-state index in [0.717, 1.165) is 42.8 Å². The lowest BCUT2D eigenvalue weighted by atomic mass is 10.1. The quantitative estimate of drug-likeness (QED) is 0.209. The molecule has 0 fully saturated rings. The monoisotopic (exact) mass is 579 g/mol. The van der Waals surface area contributed by atoms with Gasteiger partial charge in [-0.25, -0.2) is 9.59 Å². The number of anilines is 1. The Labute approximate surface area is 248 Å². The summed E-state index contributed by atoms with van der Waals surface area (Å²) in [5, 5.41) is 8.70. The van der Waals surface area contributed by atoms with E-state index in [-0.39, 0.29) is 24.5 Å². The van der Waals surface area contributed by atoms with Crippen LogP contribution in [-0.4, -0.2) is 81.2 Å². The van der Waals surface area contributed by atoms with Crippen molar-refractivity contribution < 1.29 is 19.1 Å². The molecule has 0 heterocycles. The van der Waals surface area contributed by atoms with Crippen LogP contribution >= 0.6 is 0 Å². The van der Waals surface area contributed by atoms with E-state index >= 15 is 0 Å². The number of urea groups is 1.